The van der Waals surface area contributed by atoms with Gasteiger partial charge in [0.15, 0.2) is 15.8 Å². The molecule has 0 aromatic heterocycles. The predicted molar refractivity (Wildman–Crippen MR) is 138 cm³/mol. The second kappa shape index (κ2) is 15.0. The van der Waals surface area contributed by atoms with Gasteiger partial charge in [-0.25, -0.2) is 8.42 Å². The van der Waals surface area contributed by atoms with Crippen LogP contribution in [0.3, 0.4) is 0 Å². The SMILES string of the molecule is CCNC(=NCC(CC(C)C)N1CCOCC1)NCCCS(=O)(=O)c1ccccc1.I. The summed E-state index contributed by atoms with van der Waals surface area (Å²) < 4.78 is 30.3. The zero-order valence-corrected chi connectivity index (χ0v) is 22.2. The van der Waals surface area contributed by atoms with Crippen LogP contribution in [0.1, 0.15) is 33.6 Å². The largest absolute Gasteiger partial charge is 0.379 e. The number of nitrogens with one attached hydrogen (secondary N) is 2. The average Bonchev–Trinajstić information content (AvgIpc) is 2.75. The highest BCUT2D eigenvalue weighted by molar-refractivity contribution is 14.0. The molecule has 1 atom stereocenters. The van der Waals surface area contributed by atoms with E-state index in [9.17, 15) is 8.42 Å². The Balaban J connectivity index is 0.00000480. The van der Waals surface area contributed by atoms with E-state index in [2.05, 4.69) is 29.4 Å². The van der Waals surface area contributed by atoms with Crippen LogP contribution in [0.15, 0.2) is 40.2 Å². The predicted octanol–water partition coefficient (Wildman–Crippen LogP) is 2.77. The first-order valence-electron chi connectivity index (χ1n) is 11.0. The van der Waals surface area contributed by atoms with Crippen molar-refractivity contribution in [1.82, 2.24) is 15.5 Å². The van der Waals surface area contributed by atoms with E-state index < -0.39 is 9.84 Å². The van der Waals surface area contributed by atoms with E-state index in [1.165, 1.54) is 0 Å². The van der Waals surface area contributed by atoms with Crippen molar-refractivity contribution in [3.05, 3.63) is 30.3 Å². The molecule has 0 bridgehead atoms. The van der Waals surface area contributed by atoms with Crippen molar-refractivity contribution in [3.63, 3.8) is 0 Å². The lowest BCUT2D eigenvalue weighted by Crippen LogP contribution is -2.46. The minimum absolute atomic E-state index is 0. The van der Waals surface area contributed by atoms with E-state index in [1.807, 2.05) is 13.0 Å². The molecule has 1 unspecified atom stereocenters. The molecule has 1 fully saturated rings. The Morgan fingerprint density at radius 2 is 1.84 bits per heavy atom. The lowest BCUT2D eigenvalue weighted by Gasteiger charge is -2.34. The fourth-order valence-electron chi connectivity index (χ4n) is 3.58. The van der Waals surface area contributed by atoms with E-state index in [0.717, 1.165) is 51.8 Å². The van der Waals surface area contributed by atoms with Gasteiger partial charge in [-0.05, 0) is 37.8 Å². The molecular weight excluding hydrogens is 527 g/mol. The van der Waals surface area contributed by atoms with Crippen LogP contribution in [0.25, 0.3) is 0 Å². The van der Waals surface area contributed by atoms with Crippen LogP contribution in [-0.2, 0) is 14.6 Å². The summed E-state index contributed by atoms with van der Waals surface area (Å²) in [5.41, 5.74) is 0. The molecule has 1 heterocycles. The fraction of sp³-hybridized carbons (Fsp3) is 0.682. The van der Waals surface area contributed by atoms with Gasteiger partial charge in [0.2, 0.25) is 0 Å². The molecule has 2 rings (SSSR count). The number of ether oxygens (including phenoxy) is 1. The third-order valence-corrected chi connectivity index (χ3v) is 6.91. The van der Waals surface area contributed by atoms with Gasteiger partial charge in [0.1, 0.15) is 0 Å². The second-order valence-electron chi connectivity index (χ2n) is 8.06. The standard InChI is InChI=1S/C22H38N4O3S.HI/c1-4-23-22(24-11-8-16-30(27,28)21-9-6-5-7-10-21)25-18-20(17-19(2)3)26-12-14-29-15-13-26;/h5-7,9-10,19-20H,4,8,11-18H2,1-3H3,(H2,23,24,25);1H. The molecule has 1 aliphatic rings. The highest BCUT2D eigenvalue weighted by atomic mass is 127. The summed E-state index contributed by atoms with van der Waals surface area (Å²) in [6.45, 7) is 12.0. The summed E-state index contributed by atoms with van der Waals surface area (Å²) in [6.07, 6.45) is 1.62. The zero-order chi connectivity index (χ0) is 21.8. The molecule has 1 aromatic rings. The van der Waals surface area contributed by atoms with Gasteiger partial charge < -0.3 is 15.4 Å². The zero-order valence-electron chi connectivity index (χ0n) is 19.0. The van der Waals surface area contributed by atoms with E-state index in [0.29, 0.717) is 29.8 Å². The van der Waals surface area contributed by atoms with Crippen molar-refractivity contribution in [2.45, 2.75) is 44.6 Å². The number of nitrogens with zero attached hydrogens (tertiary/aromatic N) is 2. The summed E-state index contributed by atoms with van der Waals surface area (Å²) in [6, 6.07) is 9.02. The third kappa shape index (κ3) is 10.5. The normalized spacial score (nSPS) is 16.6. The van der Waals surface area contributed by atoms with Crippen molar-refractivity contribution in [1.29, 1.82) is 0 Å². The van der Waals surface area contributed by atoms with Gasteiger partial charge in [-0.1, -0.05) is 32.0 Å². The van der Waals surface area contributed by atoms with Crippen LogP contribution in [0, 0.1) is 5.92 Å². The lowest BCUT2D eigenvalue weighted by atomic mass is 10.0. The van der Waals surface area contributed by atoms with Gasteiger partial charge >= 0.3 is 0 Å². The Hall–Kier alpha value is -0.910. The van der Waals surface area contributed by atoms with Crippen molar-refractivity contribution in [2.24, 2.45) is 10.9 Å². The second-order valence-corrected chi connectivity index (χ2v) is 10.2. The molecule has 7 nitrogen and oxygen atoms in total. The minimum atomic E-state index is -3.24. The summed E-state index contributed by atoms with van der Waals surface area (Å²) in [5.74, 6) is 1.47. The maximum absolute atomic E-state index is 12.4. The minimum Gasteiger partial charge on any atom is -0.379 e. The van der Waals surface area contributed by atoms with E-state index >= 15 is 0 Å². The molecule has 1 aliphatic heterocycles. The maximum atomic E-state index is 12.4. The van der Waals surface area contributed by atoms with E-state index in [1.54, 1.807) is 24.3 Å². The number of aliphatic imine (C=N–C) groups is 1. The third-order valence-electron chi connectivity index (χ3n) is 5.09. The number of hydrogen-bond acceptors (Lipinski definition) is 5. The molecule has 1 saturated heterocycles. The van der Waals surface area contributed by atoms with Crippen LogP contribution in [0.4, 0.5) is 0 Å². The summed E-state index contributed by atoms with van der Waals surface area (Å²) in [7, 11) is -3.24. The topological polar surface area (TPSA) is 83.0 Å². The Labute approximate surface area is 205 Å². The maximum Gasteiger partial charge on any atom is 0.191 e. The van der Waals surface area contributed by atoms with Gasteiger partial charge in [-0.15, -0.1) is 24.0 Å². The lowest BCUT2D eigenvalue weighted by molar-refractivity contribution is 0.0143. The number of benzene rings is 1. The smallest absolute Gasteiger partial charge is 0.191 e. The molecule has 178 valence electrons. The van der Waals surface area contributed by atoms with Crippen LogP contribution >= 0.6 is 24.0 Å². The van der Waals surface area contributed by atoms with Gasteiger partial charge in [-0.2, -0.15) is 0 Å². The summed E-state index contributed by atoms with van der Waals surface area (Å²) in [5, 5.41) is 6.56. The van der Waals surface area contributed by atoms with E-state index in [4.69, 9.17) is 9.73 Å². The Morgan fingerprint density at radius 3 is 2.45 bits per heavy atom. The quantitative estimate of drug-likeness (QED) is 0.186. The molecule has 2 N–H and O–H groups in total. The Morgan fingerprint density at radius 1 is 1.16 bits per heavy atom. The van der Waals surface area contributed by atoms with Gasteiger partial charge in [0, 0.05) is 32.2 Å². The summed E-state index contributed by atoms with van der Waals surface area (Å²) in [4.78, 5) is 7.65. The van der Waals surface area contributed by atoms with Crippen LogP contribution < -0.4 is 10.6 Å². The van der Waals surface area contributed by atoms with Gasteiger partial charge in [-0.3, -0.25) is 9.89 Å². The number of morpholine rings is 1. The molecule has 1 aromatic carbocycles. The molecule has 31 heavy (non-hydrogen) atoms. The Bertz CT molecular complexity index is 738. The Kier molecular flexibility index (Phi) is 13.6. The monoisotopic (exact) mass is 566 g/mol. The van der Waals surface area contributed by atoms with Crippen molar-refractivity contribution in [3.8, 4) is 0 Å². The van der Waals surface area contributed by atoms with Crippen LogP contribution in [0.2, 0.25) is 0 Å². The summed E-state index contributed by atoms with van der Waals surface area (Å²) >= 11 is 0. The first-order valence-corrected chi connectivity index (χ1v) is 12.7. The van der Waals surface area contributed by atoms with Crippen LogP contribution in [-0.4, -0.2) is 77.0 Å². The fourth-order valence-corrected chi connectivity index (χ4v) is 4.91. The van der Waals surface area contributed by atoms with Crippen molar-refractivity contribution < 1.29 is 13.2 Å². The number of halogens is 1. The molecule has 0 aliphatic carbocycles. The first-order chi connectivity index (χ1) is 14.4. The highest BCUT2D eigenvalue weighted by Gasteiger charge is 2.22. The van der Waals surface area contributed by atoms with Gasteiger partial charge in [0.05, 0.1) is 30.4 Å². The number of rotatable bonds is 11. The molecule has 9 heteroatoms. The van der Waals surface area contributed by atoms with E-state index in [-0.39, 0.29) is 29.7 Å². The molecular formula is C22H39IN4O3S. The number of hydrogen-bond donors (Lipinski definition) is 2. The first kappa shape index (κ1) is 28.1. The van der Waals surface area contributed by atoms with Crippen LogP contribution in [0.5, 0.6) is 0 Å². The molecule has 0 spiro atoms. The molecule has 0 radical (unpaired) electrons. The van der Waals surface area contributed by atoms with Crippen molar-refractivity contribution in [2.75, 3.05) is 51.7 Å². The average molecular weight is 567 g/mol. The van der Waals surface area contributed by atoms with Gasteiger partial charge in [0.25, 0.3) is 0 Å². The number of sulfone groups is 1. The molecule has 0 amide bonds. The molecule has 0 saturated carbocycles. The number of guanidine groups is 1. The van der Waals surface area contributed by atoms with Crippen molar-refractivity contribution >= 4 is 39.8 Å². The highest BCUT2D eigenvalue weighted by Crippen LogP contribution is 2.14.